The zero-order valence-corrected chi connectivity index (χ0v) is 20.7. The first-order valence-electron chi connectivity index (χ1n) is 10.5. The molecule has 3 atom stereocenters. The molecule has 6 nitrogen and oxygen atoms in total. The normalized spacial score (nSPS) is 22.5. The Hall–Kier alpha value is -2.64. The van der Waals surface area contributed by atoms with Gasteiger partial charge in [-0.2, -0.15) is 0 Å². The summed E-state index contributed by atoms with van der Waals surface area (Å²) in [6.45, 7) is 1.78. The summed E-state index contributed by atoms with van der Waals surface area (Å²) >= 11 is 9.38. The molecule has 0 saturated carbocycles. The molecule has 2 aliphatic rings. The Morgan fingerprint density at radius 1 is 1.15 bits per heavy atom. The molecule has 2 aromatic rings. The van der Waals surface area contributed by atoms with Crippen molar-refractivity contribution in [3.05, 3.63) is 68.3 Å². The molecule has 1 heterocycles. The van der Waals surface area contributed by atoms with Crippen LogP contribution in [0.2, 0.25) is 5.02 Å². The minimum atomic E-state index is -0.758. The van der Waals surface area contributed by atoms with E-state index >= 15 is 0 Å². The number of carbonyl (C=O) groups excluding carboxylic acids is 2. The maximum atomic E-state index is 13.5. The van der Waals surface area contributed by atoms with Gasteiger partial charge in [-0.3, -0.25) is 14.6 Å². The Labute approximate surface area is 205 Å². The highest BCUT2D eigenvalue weighted by Gasteiger charge is 2.45. The lowest BCUT2D eigenvalue weighted by Gasteiger charge is -2.36. The van der Waals surface area contributed by atoms with Gasteiger partial charge in [-0.1, -0.05) is 23.7 Å². The molecule has 33 heavy (non-hydrogen) atoms. The predicted molar refractivity (Wildman–Crippen MR) is 129 cm³/mol. The number of ketones is 1. The molecule has 0 radical (unpaired) electrons. The zero-order chi connectivity index (χ0) is 23.9. The van der Waals surface area contributed by atoms with Crippen LogP contribution in [0.4, 0.5) is 0 Å². The number of phenolic OH excluding ortho intramolecular Hbond substituents is 1. The molecule has 0 spiro atoms. The molecule has 0 fully saturated rings. The predicted octanol–water partition coefficient (Wildman–Crippen LogP) is 5.56. The summed E-state index contributed by atoms with van der Waals surface area (Å²) in [7, 11) is 2.77. The fourth-order valence-corrected chi connectivity index (χ4v) is 5.34. The van der Waals surface area contributed by atoms with Gasteiger partial charge in [0.1, 0.15) is 5.92 Å². The van der Waals surface area contributed by atoms with Gasteiger partial charge in [-0.15, -0.1) is 0 Å². The number of benzene rings is 2. The Morgan fingerprint density at radius 3 is 2.48 bits per heavy atom. The maximum Gasteiger partial charge on any atom is 0.315 e. The van der Waals surface area contributed by atoms with Crippen LogP contribution < -0.4 is 4.74 Å². The highest BCUT2D eigenvalue weighted by Crippen LogP contribution is 2.49. The molecule has 2 aromatic carbocycles. The molecular weight excluding hydrogens is 510 g/mol. The summed E-state index contributed by atoms with van der Waals surface area (Å²) in [5.74, 6) is -1.73. The fraction of sp³-hybridized carbons (Fsp3) is 0.320. The van der Waals surface area contributed by atoms with Crippen molar-refractivity contribution in [3.8, 4) is 11.5 Å². The number of aliphatic imine (C=N–C) groups is 1. The number of hydrogen-bond acceptors (Lipinski definition) is 6. The summed E-state index contributed by atoms with van der Waals surface area (Å²) in [4.78, 5) is 31.1. The van der Waals surface area contributed by atoms with Crippen molar-refractivity contribution in [1.29, 1.82) is 0 Å². The second kappa shape index (κ2) is 9.31. The van der Waals surface area contributed by atoms with Crippen LogP contribution in [-0.4, -0.2) is 36.8 Å². The number of rotatable bonds is 4. The summed E-state index contributed by atoms with van der Waals surface area (Å²) in [6.07, 6.45) is 0.872. The first-order valence-corrected chi connectivity index (χ1v) is 11.6. The van der Waals surface area contributed by atoms with Crippen LogP contribution in [0.3, 0.4) is 0 Å². The number of allylic oxidation sites excluding steroid dienone is 2. The Kier molecular flexibility index (Phi) is 6.64. The number of esters is 1. The second-order valence-corrected chi connectivity index (χ2v) is 9.52. The standard InChI is InChI=1S/C25H23BrClNO5/c1-12-21(25(31)33-3)22(15-8-17(26)24(30)20(11-15)32-2)23-18(28-12)9-14(10-19(23)29)13-4-6-16(27)7-5-13/h4-8,11,14,21-22,30H,9-10H2,1-3H3/t14-,21?,22-/m0/s1. The van der Waals surface area contributed by atoms with E-state index in [0.717, 1.165) is 5.56 Å². The number of hydrogen-bond donors (Lipinski definition) is 1. The number of Topliss-reactive ketones (excluding diaryl/α,β-unsaturated/α-hetero) is 1. The highest BCUT2D eigenvalue weighted by atomic mass is 79.9. The molecule has 0 bridgehead atoms. The molecule has 4 rings (SSSR count). The summed E-state index contributed by atoms with van der Waals surface area (Å²) in [5.41, 5.74) is 3.45. The van der Waals surface area contributed by atoms with E-state index in [9.17, 15) is 14.7 Å². The Morgan fingerprint density at radius 2 is 1.85 bits per heavy atom. The van der Waals surface area contributed by atoms with Gasteiger partial charge in [0, 0.05) is 34.3 Å². The topological polar surface area (TPSA) is 85.2 Å². The van der Waals surface area contributed by atoms with Crippen LogP contribution in [0, 0.1) is 5.92 Å². The van der Waals surface area contributed by atoms with Gasteiger partial charge >= 0.3 is 5.97 Å². The molecule has 0 aromatic heterocycles. The number of aromatic hydroxyl groups is 1. The monoisotopic (exact) mass is 531 g/mol. The van der Waals surface area contributed by atoms with E-state index < -0.39 is 17.8 Å². The Bertz CT molecular complexity index is 1190. The van der Waals surface area contributed by atoms with E-state index in [1.807, 2.05) is 24.3 Å². The van der Waals surface area contributed by atoms with Gasteiger partial charge in [0.15, 0.2) is 17.3 Å². The maximum absolute atomic E-state index is 13.5. The average Bonchev–Trinajstić information content (AvgIpc) is 2.79. The zero-order valence-electron chi connectivity index (χ0n) is 18.4. The van der Waals surface area contributed by atoms with Crippen LogP contribution in [0.1, 0.15) is 42.7 Å². The van der Waals surface area contributed by atoms with Crippen molar-refractivity contribution in [2.45, 2.75) is 31.6 Å². The molecular formula is C25H23BrClNO5. The van der Waals surface area contributed by atoms with Gasteiger partial charge in [-0.25, -0.2) is 0 Å². The van der Waals surface area contributed by atoms with E-state index in [0.29, 0.717) is 44.9 Å². The van der Waals surface area contributed by atoms with Gasteiger partial charge < -0.3 is 14.6 Å². The third-order valence-electron chi connectivity index (χ3n) is 6.31. The van der Waals surface area contributed by atoms with Crippen LogP contribution in [0.25, 0.3) is 0 Å². The smallest absolute Gasteiger partial charge is 0.315 e. The molecule has 8 heteroatoms. The molecule has 1 unspecified atom stereocenters. The van der Waals surface area contributed by atoms with E-state index in [-0.39, 0.29) is 23.2 Å². The van der Waals surface area contributed by atoms with Gasteiger partial charge in [0.2, 0.25) is 0 Å². The lowest BCUT2D eigenvalue weighted by Crippen LogP contribution is -2.37. The second-order valence-electron chi connectivity index (χ2n) is 8.23. The summed E-state index contributed by atoms with van der Waals surface area (Å²) < 4.78 is 10.8. The first kappa shape index (κ1) is 23.5. The van der Waals surface area contributed by atoms with Gasteiger partial charge in [-0.05, 0) is 70.6 Å². The third-order valence-corrected chi connectivity index (χ3v) is 7.17. The number of phenols is 1. The third kappa shape index (κ3) is 4.32. The molecule has 1 aliphatic carbocycles. The van der Waals surface area contributed by atoms with E-state index in [4.69, 9.17) is 26.1 Å². The molecule has 1 N–H and O–H groups in total. The van der Waals surface area contributed by atoms with Crippen LogP contribution in [0.5, 0.6) is 11.5 Å². The van der Waals surface area contributed by atoms with E-state index in [1.165, 1.54) is 14.2 Å². The number of carbonyl (C=O) groups is 2. The summed E-state index contributed by atoms with van der Waals surface area (Å²) in [5, 5.41) is 10.9. The first-order chi connectivity index (χ1) is 15.7. The van der Waals surface area contributed by atoms with Gasteiger partial charge in [0.05, 0.1) is 18.7 Å². The fourth-order valence-electron chi connectivity index (χ4n) is 4.75. The van der Waals surface area contributed by atoms with Crippen molar-refractivity contribution in [2.24, 2.45) is 10.9 Å². The SMILES string of the molecule is COC(=O)C1C(C)=NC2=C(C(=O)C[C@@H](c3ccc(Cl)cc3)C2)[C@H]1c1cc(Br)c(O)c(OC)c1. The van der Waals surface area contributed by atoms with Crippen molar-refractivity contribution < 1.29 is 24.2 Å². The number of methoxy groups -OCH3 is 2. The van der Waals surface area contributed by atoms with E-state index in [2.05, 4.69) is 15.9 Å². The molecule has 0 saturated heterocycles. The summed E-state index contributed by atoms with van der Waals surface area (Å²) in [6, 6.07) is 10.9. The number of nitrogens with zero attached hydrogens (tertiary/aromatic N) is 1. The van der Waals surface area contributed by atoms with Crippen molar-refractivity contribution in [2.75, 3.05) is 14.2 Å². The average molecular weight is 533 g/mol. The molecule has 0 amide bonds. The largest absolute Gasteiger partial charge is 0.503 e. The quantitative estimate of drug-likeness (QED) is 0.521. The van der Waals surface area contributed by atoms with Gasteiger partial charge in [0.25, 0.3) is 0 Å². The van der Waals surface area contributed by atoms with Crippen LogP contribution >= 0.6 is 27.5 Å². The highest BCUT2D eigenvalue weighted by molar-refractivity contribution is 9.10. The minimum Gasteiger partial charge on any atom is -0.503 e. The number of ether oxygens (including phenoxy) is 2. The molecule has 1 aliphatic heterocycles. The number of halogens is 2. The lowest BCUT2D eigenvalue weighted by atomic mass is 9.69. The van der Waals surface area contributed by atoms with Crippen molar-refractivity contribution in [1.82, 2.24) is 0 Å². The molecule has 172 valence electrons. The van der Waals surface area contributed by atoms with Crippen LogP contribution in [0.15, 0.2) is 57.1 Å². The van der Waals surface area contributed by atoms with Crippen molar-refractivity contribution >= 4 is 45.0 Å². The van der Waals surface area contributed by atoms with Crippen molar-refractivity contribution in [3.63, 3.8) is 0 Å². The Balaban J connectivity index is 1.85. The van der Waals surface area contributed by atoms with Crippen LogP contribution in [-0.2, 0) is 14.3 Å². The minimum absolute atomic E-state index is 0.0264. The van der Waals surface area contributed by atoms with E-state index in [1.54, 1.807) is 19.1 Å². The lowest BCUT2D eigenvalue weighted by molar-refractivity contribution is -0.143.